The summed E-state index contributed by atoms with van der Waals surface area (Å²) < 4.78 is 20.7. The van der Waals surface area contributed by atoms with Gasteiger partial charge in [-0.05, 0) is 62.8 Å². The summed E-state index contributed by atoms with van der Waals surface area (Å²) in [5.74, 6) is -0.416. The van der Waals surface area contributed by atoms with E-state index in [0.29, 0.717) is 12.2 Å². The second-order valence-corrected chi connectivity index (χ2v) is 7.07. The van der Waals surface area contributed by atoms with Crippen molar-refractivity contribution in [2.45, 2.75) is 51.0 Å². The van der Waals surface area contributed by atoms with Gasteiger partial charge >= 0.3 is 0 Å². The summed E-state index contributed by atoms with van der Waals surface area (Å²) in [5, 5.41) is 7.61. The fraction of sp³-hybridized carbons (Fsp3) is 0.500. The van der Waals surface area contributed by atoms with Crippen molar-refractivity contribution in [3.05, 3.63) is 47.0 Å². The van der Waals surface area contributed by atoms with E-state index in [1.54, 1.807) is 12.1 Å². The molecule has 1 atom stereocenters. The summed E-state index contributed by atoms with van der Waals surface area (Å²) >= 11 is 0. The van der Waals surface area contributed by atoms with Crippen LogP contribution in [0.4, 0.5) is 4.39 Å². The van der Waals surface area contributed by atoms with Crippen LogP contribution >= 0.6 is 0 Å². The average molecular weight is 357 g/mol. The van der Waals surface area contributed by atoms with Crippen molar-refractivity contribution in [3.8, 4) is 5.69 Å². The molecule has 5 nitrogen and oxygen atoms in total. The Morgan fingerprint density at radius 2 is 2.00 bits per heavy atom. The van der Waals surface area contributed by atoms with Crippen molar-refractivity contribution in [2.75, 3.05) is 13.2 Å². The van der Waals surface area contributed by atoms with Crippen LogP contribution in [0.2, 0.25) is 0 Å². The van der Waals surface area contributed by atoms with Crippen LogP contribution in [0, 0.1) is 5.82 Å². The minimum absolute atomic E-state index is 0.108. The van der Waals surface area contributed by atoms with Crippen LogP contribution in [-0.2, 0) is 17.6 Å². The zero-order valence-electron chi connectivity index (χ0n) is 14.8. The van der Waals surface area contributed by atoms with E-state index in [1.165, 1.54) is 12.1 Å². The predicted molar refractivity (Wildman–Crippen MR) is 96.1 cm³/mol. The first-order valence-electron chi connectivity index (χ1n) is 9.49. The molecule has 6 heteroatoms. The maximum absolute atomic E-state index is 13.3. The number of nitrogens with one attached hydrogen (secondary N) is 1. The highest BCUT2D eigenvalue weighted by Gasteiger charge is 2.25. The third-order valence-electron chi connectivity index (χ3n) is 5.23. The van der Waals surface area contributed by atoms with E-state index in [-0.39, 0.29) is 17.8 Å². The van der Waals surface area contributed by atoms with Crippen molar-refractivity contribution in [1.29, 1.82) is 0 Å². The molecule has 1 N–H and O–H groups in total. The summed E-state index contributed by atoms with van der Waals surface area (Å²) in [7, 11) is 0. The number of nitrogens with zero attached hydrogens (tertiary/aromatic N) is 2. The number of halogens is 1. The molecule has 138 valence electrons. The second-order valence-electron chi connectivity index (χ2n) is 7.07. The Kier molecular flexibility index (Phi) is 5.02. The van der Waals surface area contributed by atoms with Gasteiger partial charge in [0.05, 0.1) is 11.8 Å². The molecule has 2 heterocycles. The minimum atomic E-state index is -0.276. The maximum atomic E-state index is 13.3. The SMILES string of the molecule is O=C(NCC1CCCO1)c1nn(-c2ccc(F)cc2)c2c1CCCCC2. The van der Waals surface area contributed by atoms with Crippen LogP contribution in [0.5, 0.6) is 0 Å². The lowest BCUT2D eigenvalue weighted by molar-refractivity contribution is 0.0852. The quantitative estimate of drug-likeness (QED) is 0.855. The molecule has 0 bridgehead atoms. The van der Waals surface area contributed by atoms with Crippen LogP contribution in [0.25, 0.3) is 5.69 Å². The number of carbonyl (C=O) groups excluding carboxylic acids is 1. The number of fused-ring (bicyclic) bond motifs is 1. The van der Waals surface area contributed by atoms with Crippen LogP contribution in [-0.4, -0.2) is 34.9 Å². The van der Waals surface area contributed by atoms with Gasteiger partial charge in [-0.2, -0.15) is 5.10 Å². The summed E-state index contributed by atoms with van der Waals surface area (Å²) in [5.41, 5.74) is 3.42. The molecule has 2 aromatic rings. The van der Waals surface area contributed by atoms with Crippen molar-refractivity contribution in [2.24, 2.45) is 0 Å². The van der Waals surface area contributed by atoms with Crippen LogP contribution in [0.15, 0.2) is 24.3 Å². The monoisotopic (exact) mass is 357 g/mol. The molecule has 1 unspecified atom stereocenters. The van der Waals surface area contributed by atoms with Crippen LogP contribution < -0.4 is 5.32 Å². The largest absolute Gasteiger partial charge is 0.376 e. The van der Waals surface area contributed by atoms with Crippen molar-refractivity contribution < 1.29 is 13.9 Å². The standard InChI is InChI=1S/C20H24FN3O2/c21-14-8-10-15(11-9-14)24-18-7-3-1-2-6-17(18)19(23-24)20(25)22-13-16-5-4-12-26-16/h8-11,16H,1-7,12-13H2,(H,22,25). The molecule has 1 aromatic carbocycles. The van der Waals surface area contributed by atoms with E-state index < -0.39 is 0 Å². The lowest BCUT2D eigenvalue weighted by Gasteiger charge is -2.10. The minimum Gasteiger partial charge on any atom is -0.376 e. The van der Waals surface area contributed by atoms with E-state index in [4.69, 9.17) is 4.74 Å². The summed E-state index contributed by atoms with van der Waals surface area (Å²) in [6.07, 6.45) is 7.19. The maximum Gasteiger partial charge on any atom is 0.272 e. The fourth-order valence-electron chi connectivity index (χ4n) is 3.85. The summed E-state index contributed by atoms with van der Waals surface area (Å²) in [6.45, 7) is 1.30. The highest BCUT2D eigenvalue weighted by Crippen LogP contribution is 2.26. The van der Waals surface area contributed by atoms with Crippen molar-refractivity contribution in [3.63, 3.8) is 0 Å². The molecular formula is C20H24FN3O2. The van der Waals surface area contributed by atoms with Crippen LogP contribution in [0.3, 0.4) is 0 Å². The van der Waals surface area contributed by atoms with Gasteiger partial charge in [0.15, 0.2) is 5.69 Å². The summed E-state index contributed by atoms with van der Waals surface area (Å²) in [4.78, 5) is 12.8. The van der Waals surface area contributed by atoms with Crippen LogP contribution in [0.1, 0.15) is 53.8 Å². The number of rotatable bonds is 4. The van der Waals surface area contributed by atoms with Gasteiger partial charge in [-0.3, -0.25) is 4.79 Å². The van der Waals surface area contributed by atoms with Gasteiger partial charge in [0.1, 0.15) is 5.82 Å². The lowest BCUT2D eigenvalue weighted by Crippen LogP contribution is -2.32. The van der Waals surface area contributed by atoms with Gasteiger partial charge in [0, 0.05) is 24.4 Å². The molecule has 0 spiro atoms. The van der Waals surface area contributed by atoms with E-state index in [0.717, 1.165) is 68.5 Å². The van der Waals surface area contributed by atoms with Gasteiger partial charge in [-0.15, -0.1) is 0 Å². The van der Waals surface area contributed by atoms with Gasteiger partial charge in [0.25, 0.3) is 5.91 Å². The Balaban J connectivity index is 1.63. The molecule has 1 amide bonds. The molecule has 26 heavy (non-hydrogen) atoms. The second kappa shape index (κ2) is 7.58. The topological polar surface area (TPSA) is 56.1 Å². The van der Waals surface area contributed by atoms with Gasteiger partial charge in [-0.1, -0.05) is 6.42 Å². The first kappa shape index (κ1) is 17.2. The fourth-order valence-corrected chi connectivity index (χ4v) is 3.85. The Morgan fingerprint density at radius 3 is 2.77 bits per heavy atom. The molecular weight excluding hydrogens is 333 g/mol. The molecule has 1 saturated heterocycles. The van der Waals surface area contributed by atoms with E-state index in [9.17, 15) is 9.18 Å². The molecule has 1 fully saturated rings. The van der Waals surface area contributed by atoms with Gasteiger partial charge in [-0.25, -0.2) is 9.07 Å². The molecule has 0 radical (unpaired) electrons. The summed E-state index contributed by atoms with van der Waals surface area (Å²) in [6, 6.07) is 6.28. The Labute approximate surface area is 152 Å². The number of carbonyl (C=O) groups is 1. The van der Waals surface area contributed by atoms with Gasteiger partial charge < -0.3 is 10.1 Å². The third kappa shape index (κ3) is 3.51. The molecule has 1 aliphatic heterocycles. The predicted octanol–water partition coefficient (Wildman–Crippen LogP) is 3.19. The average Bonchev–Trinajstić information content (AvgIpc) is 3.23. The zero-order chi connectivity index (χ0) is 17.9. The molecule has 1 aromatic heterocycles. The highest BCUT2D eigenvalue weighted by molar-refractivity contribution is 5.94. The first-order chi connectivity index (χ1) is 12.7. The third-order valence-corrected chi connectivity index (χ3v) is 5.23. The lowest BCUT2D eigenvalue weighted by atomic mass is 10.1. The van der Waals surface area contributed by atoms with E-state index in [2.05, 4.69) is 10.4 Å². The molecule has 4 rings (SSSR count). The number of aromatic nitrogens is 2. The van der Waals surface area contributed by atoms with Crippen molar-refractivity contribution >= 4 is 5.91 Å². The number of amides is 1. The molecule has 0 saturated carbocycles. The normalized spacial score (nSPS) is 19.8. The van der Waals surface area contributed by atoms with Gasteiger partial charge in [0.2, 0.25) is 0 Å². The molecule has 1 aliphatic carbocycles. The zero-order valence-corrected chi connectivity index (χ0v) is 14.8. The number of hydrogen-bond donors (Lipinski definition) is 1. The Morgan fingerprint density at radius 1 is 1.19 bits per heavy atom. The number of benzene rings is 1. The van der Waals surface area contributed by atoms with E-state index >= 15 is 0 Å². The first-order valence-corrected chi connectivity index (χ1v) is 9.49. The smallest absolute Gasteiger partial charge is 0.272 e. The Hall–Kier alpha value is -2.21. The number of hydrogen-bond acceptors (Lipinski definition) is 3. The van der Waals surface area contributed by atoms with Crippen molar-refractivity contribution in [1.82, 2.24) is 15.1 Å². The number of ether oxygens (including phenoxy) is 1. The highest BCUT2D eigenvalue weighted by atomic mass is 19.1. The van der Waals surface area contributed by atoms with E-state index in [1.807, 2.05) is 4.68 Å². The Bertz CT molecular complexity index is 779. The molecule has 2 aliphatic rings.